The number of hydrogen-bond donors (Lipinski definition) is 1. The van der Waals surface area contributed by atoms with Crippen LogP contribution in [0.25, 0.3) is 6.08 Å². The Morgan fingerprint density at radius 1 is 1.17 bits per heavy atom. The molecule has 120 valence electrons. The van der Waals surface area contributed by atoms with Gasteiger partial charge >= 0.3 is 6.61 Å². The molecule has 0 aliphatic heterocycles. The van der Waals surface area contributed by atoms with Gasteiger partial charge in [-0.15, -0.1) is 0 Å². The second-order valence-corrected chi connectivity index (χ2v) is 4.75. The van der Waals surface area contributed by atoms with Crippen LogP contribution in [0.4, 0.5) is 18.9 Å². The summed E-state index contributed by atoms with van der Waals surface area (Å²) in [5.41, 5.74) is 0.207. The summed E-state index contributed by atoms with van der Waals surface area (Å²) in [6, 6.07) is 10.2. The summed E-state index contributed by atoms with van der Waals surface area (Å²) >= 11 is 5.61. The zero-order chi connectivity index (χ0) is 16.8. The van der Waals surface area contributed by atoms with Gasteiger partial charge in [-0.3, -0.25) is 4.79 Å². The normalized spacial score (nSPS) is 11.0. The van der Waals surface area contributed by atoms with Crippen LogP contribution in [0.15, 0.2) is 48.5 Å². The number of rotatable bonds is 5. The van der Waals surface area contributed by atoms with E-state index in [0.29, 0.717) is 0 Å². The van der Waals surface area contributed by atoms with Crippen molar-refractivity contribution < 1.29 is 22.7 Å². The molecule has 0 saturated heterocycles. The fourth-order valence-electron chi connectivity index (χ4n) is 1.76. The Morgan fingerprint density at radius 3 is 2.65 bits per heavy atom. The van der Waals surface area contributed by atoms with Crippen LogP contribution in [0.3, 0.4) is 0 Å². The summed E-state index contributed by atoms with van der Waals surface area (Å²) in [5.74, 6) is -1.46. The molecule has 1 N–H and O–H groups in total. The van der Waals surface area contributed by atoms with Crippen molar-refractivity contribution in [1.82, 2.24) is 0 Å². The molecule has 7 heteroatoms. The Kier molecular flexibility index (Phi) is 5.65. The fraction of sp³-hybridized carbons (Fsp3) is 0.0625. The van der Waals surface area contributed by atoms with Crippen molar-refractivity contribution in [3.63, 3.8) is 0 Å². The van der Waals surface area contributed by atoms with Gasteiger partial charge in [-0.05, 0) is 24.3 Å². The third kappa shape index (κ3) is 4.75. The van der Waals surface area contributed by atoms with Gasteiger partial charge in [-0.1, -0.05) is 35.9 Å². The van der Waals surface area contributed by atoms with Gasteiger partial charge < -0.3 is 10.1 Å². The second kappa shape index (κ2) is 7.69. The molecule has 0 aliphatic carbocycles. The summed E-state index contributed by atoms with van der Waals surface area (Å²) < 4.78 is 42.6. The van der Waals surface area contributed by atoms with Crippen LogP contribution in [-0.2, 0) is 4.79 Å². The maximum atomic E-state index is 13.7. The van der Waals surface area contributed by atoms with Crippen LogP contribution in [0.2, 0.25) is 5.02 Å². The van der Waals surface area contributed by atoms with E-state index in [2.05, 4.69) is 10.1 Å². The van der Waals surface area contributed by atoms with Gasteiger partial charge in [0.05, 0.1) is 10.7 Å². The molecule has 23 heavy (non-hydrogen) atoms. The van der Waals surface area contributed by atoms with E-state index in [1.54, 1.807) is 6.07 Å². The number of alkyl halides is 2. The lowest BCUT2D eigenvalue weighted by Gasteiger charge is -2.07. The number of nitrogens with one attached hydrogen (secondary N) is 1. The molecule has 3 nitrogen and oxygen atoms in total. The highest BCUT2D eigenvalue weighted by molar-refractivity contribution is 6.31. The van der Waals surface area contributed by atoms with Crippen LogP contribution >= 0.6 is 11.6 Å². The molecule has 0 radical (unpaired) electrons. The molecule has 2 aromatic carbocycles. The first-order valence-electron chi connectivity index (χ1n) is 6.44. The van der Waals surface area contributed by atoms with E-state index in [-0.39, 0.29) is 22.0 Å². The van der Waals surface area contributed by atoms with Crippen molar-refractivity contribution in [2.75, 3.05) is 5.32 Å². The Bertz CT molecular complexity index is 735. The molecule has 2 rings (SSSR count). The summed E-state index contributed by atoms with van der Waals surface area (Å²) in [7, 11) is 0. The molecule has 0 bridgehead atoms. The summed E-state index contributed by atoms with van der Waals surface area (Å²) in [4.78, 5) is 11.8. The molecule has 0 fully saturated rings. The number of benzene rings is 2. The summed E-state index contributed by atoms with van der Waals surface area (Å²) in [6.45, 7) is -2.97. The molecular weight excluding hydrogens is 331 g/mol. The Morgan fingerprint density at radius 2 is 1.91 bits per heavy atom. The molecule has 0 atom stereocenters. The average Bonchev–Trinajstić information content (AvgIpc) is 2.50. The van der Waals surface area contributed by atoms with Crippen molar-refractivity contribution in [1.29, 1.82) is 0 Å². The van der Waals surface area contributed by atoms with Gasteiger partial charge in [0.15, 0.2) is 5.82 Å². The van der Waals surface area contributed by atoms with Gasteiger partial charge in [-0.25, -0.2) is 4.39 Å². The minimum Gasteiger partial charge on any atom is -0.434 e. The van der Waals surface area contributed by atoms with E-state index in [9.17, 15) is 18.0 Å². The average molecular weight is 342 g/mol. The molecule has 0 saturated carbocycles. The third-order valence-corrected chi connectivity index (χ3v) is 3.05. The van der Waals surface area contributed by atoms with Crippen molar-refractivity contribution in [3.8, 4) is 5.75 Å². The second-order valence-electron chi connectivity index (χ2n) is 4.34. The van der Waals surface area contributed by atoms with Crippen molar-refractivity contribution in [2.24, 2.45) is 0 Å². The van der Waals surface area contributed by atoms with Crippen molar-refractivity contribution in [2.45, 2.75) is 6.61 Å². The first kappa shape index (κ1) is 16.9. The molecule has 0 aromatic heterocycles. The van der Waals surface area contributed by atoms with Crippen molar-refractivity contribution in [3.05, 3.63) is 64.9 Å². The lowest BCUT2D eigenvalue weighted by molar-refractivity contribution is -0.111. The number of ether oxygens (including phenoxy) is 1. The van der Waals surface area contributed by atoms with Crippen LogP contribution in [-0.4, -0.2) is 12.5 Å². The molecule has 0 spiro atoms. The molecule has 0 aliphatic rings. The first-order valence-corrected chi connectivity index (χ1v) is 6.82. The van der Waals surface area contributed by atoms with E-state index >= 15 is 0 Å². The van der Waals surface area contributed by atoms with E-state index in [4.69, 9.17) is 11.6 Å². The maximum Gasteiger partial charge on any atom is 0.387 e. The van der Waals surface area contributed by atoms with Crippen molar-refractivity contribution >= 4 is 29.3 Å². The molecule has 1 amide bonds. The van der Waals surface area contributed by atoms with Gasteiger partial charge in [0.2, 0.25) is 5.91 Å². The van der Waals surface area contributed by atoms with Gasteiger partial charge in [0, 0.05) is 11.6 Å². The number of carbonyl (C=O) groups excluding carboxylic acids is 1. The molecular formula is C16H11ClF3NO2. The number of halogens is 4. The summed E-state index contributed by atoms with van der Waals surface area (Å²) in [5, 5.41) is 2.18. The standard InChI is InChI=1S/C16H11ClF3NO2/c17-11-5-3-6-12(15(11)18)21-14(22)9-8-10-4-1-2-7-13(10)23-16(19)20/h1-9,16H,(H,21,22)/b9-8+. The van der Waals surface area contributed by atoms with Gasteiger partial charge in [-0.2, -0.15) is 8.78 Å². The zero-order valence-electron chi connectivity index (χ0n) is 11.6. The highest BCUT2D eigenvalue weighted by atomic mass is 35.5. The maximum absolute atomic E-state index is 13.7. The smallest absolute Gasteiger partial charge is 0.387 e. The predicted octanol–water partition coefficient (Wildman–Crippen LogP) is 4.73. The Hall–Kier alpha value is -2.47. The Labute approximate surface area is 135 Å². The highest BCUT2D eigenvalue weighted by Gasteiger charge is 2.09. The van der Waals surface area contributed by atoms with E-state index in [1.165, 1.54) is 42.5 Å². The quantitative estimate of drug-likeness (QED) is 0.798. The summed E-state index contributed by atoms with van der Waals surface area (Å²) in [6.07, 6.45) is 2.36. The van der Waals surface area contributed by atoms with E-state index in [0.717, 1.165) is 6.08 Å². The van der Waals surface area contributed by atoms with Crippen LogP contribution in [0.1, 0.15) is 5.56 Å². The zero-order valence-corrected chi connectivity index (χ0v) is 12.4. The Balaban J connectivity index is 2.11. The lowest BCUT2D eigenvalue weighted by atomic mass is 10.2. The predicted molar refractivity (Wildman–Crippen MR) is 82.1 cm³/mol. The largest absolute Gasteiger partial charge is 0.434 e. The topological polar surface area (TPSA) is 38.3 Å². The monoisotopic (exact) mass is 341 g/mol. The minimum atomic E-state index is -2.97. The number of para-hydroxylation sites is 1. The SMILES string of the molecule is O=C(/C=C/c1ccccc1OC(F)F)Nc1cccc(Cl)c1F. The highest BCUT2D eigenvalue weighted by Crippen LogP contribution is 2.23. The number of amides is 1. The molecule has 0 unspecified atom stereocenters. The van der Waals surface area contributed by atoms with Gasteiger partial charge in [0.25, 0.3) is 0 Å². The molecule has 2 aromatic rings. The van der Waals surface area contributed by atoms with Crippen LogP contribution in [0.5, 0.6) is 5.75 Å². The number of anilines is 1. The van der Waals surface area contributed by atoms with Gasteiger partial charge in [0.1, 0.15) is 5.75 Å². The first-order chi connectivity index (χ1) is 11.0. The third-order valence-electron chi connectivity index (χ3n) is 2.76. The van der Waals surface area contributed by atoms with E-state index in [1.807, 2.05) is 0 Å². The fourth-order valence-corrected chi connectivity index (χ4v) is 1.94. The van der Waals surface area contributed by atoms with Crippen LogP contribution < -0.4 is 10.1 Å². The van der Waals surface area contributed by atoms with E-state index < -0.39 is 18.3 Å². The number of carbonyl (C=O) groups is 1. The minimum absolute atomic E-state index is 0.0690. The molecule has 0 heterocycles. The lowest BCUT2D eigenvalue weighted by Crippen LogP contribution is -2.09. The number of hydrogen-bond acceptors (Lipinski definition) is 2. The van der Waals surface area contributed by atoms with Crippen LogP contribution in [0, 0.1) is 5.82 Å².